The summed E-state index contributed by atoms with van der Waals surface area (Å²) in [7, 11) is 3.02. The van der Waals surface area contributed by atoms with Crippen molar-refractivity contribution in [2.45, 2.75) is 13.8 Å². The number of nitrogens with zero attached hydrogens (tertiary/aromatic N) is 2. The molecule has 0 unspecified atom stereocenters. The van der Waals surface area contributed by atoms with E-state index < -0.39 is 6.03 Å². The predicted octanol–water partition coefficient (Wildman–Crippen LogP) is 2.94. The second-order valence-electron chi connectivity index (χ2n) is 4.86. The van der Waals surface area contributed by atoms with Gasteiger partial charge in [-0.15, -0.1) is 0 Å². The molecule has 9 heteroatoms. The average Bonchev–Trinajstić information content (AvgIpc) is 2.64. The number of anilines is 2. The van der Waals surface area contributed by atoms with E-state index in [0.717, 1.165) is 0 Å². The SMILES string of the molecule is CCOc1ncc(NC(=O)Nc2cccc(OC)c2OC)c(OCC)n1. The van der Waals surface area contributed by atoms with Crippen molar-refractivity contribution in [3.63, 3.8) is 0 Å². The molecule has 0 aliphatic carbocycles. The maximum atomic E-state index is 12.4. The highest BCUT2D eigenvalue weighted by Crippen LogP contribution is 2.34. The van der Waals surface area contributed by atoms with Crippen molar-refractivity contribution in [3.8, 4) is 23.4 Å². The minimum Gasteiger partial charge on any atom is -0.493 e. The van der Waals surface area contributed by atoms with E-state index in [1.807, 2.05) is 13.8 Å². The summed E-state index contributed by atoms with van der Waals surface area (Å²) in [6.45, 7) is 4.44. The maximum absolute atomic E-state index is 12.4. The minimum absolute atomic E-state index is 0.177. The Bertz CT molecular complexity index is 754. The van der Waals surface area contributed by atoms with E-state index in [-0.39, 0.29) is 11.9 Å². The number of methoxy groups -OCH3 is 2. The van der Waals surface area contributed by atoms with Crippen LogP contribution in [0.25, 0.3) is 0 Å². The van der Waals surface area contributed by atoms with Crippen LogP contribution >= 0.6 is 0 Å². The maximum Gasteiger partial charge on any atom is 0.323 e. The molecule has 1 aromatic heterocycles. The fourth-order valence-electron chi connectivity index (χ4n) is 2.14. The average molecular weight is 362 g/mol. The molecule has 0 fully saturated rings. The van der Waals surface area contributed by atoms with Crippen LogP contribution in [0.5, 0.6) is 23.4 Å². The van der Waals surface area contributed by atoms with Crippen molar-refractivity contribution in [2.24, 2.45) is 0 Å². The normalized spacial score (nSPS) is 10.0. The molecule has 1 aromatic carbocycles. The third-order valence-electron chi connectivity index (χ3n) is 3.19. The van der Waals surface area contributed by atoms with E-state index in [1.165, 1.54) is 20.4 Å². The standard InChI is InChI=1S/C17H22N4O5/c1-5-25-15-12(10-18-17(21-15)26-6-2)20-16(22)19-11-8-7-9-13(23-3)14(11)24-4/h7-10H,5-6H2,1-4H3,(H2,19,20,22). The Morgan fingerprint density at radius 3 is 2.42 bits per heavy atom. The van der Waals surface area contributed by atoms with E-state index in [9.17, 15) is 4.79 Å². The molecule has 2 aromatic rings. The van der Waals surface area contributed by atoms with Crippen molar-refractivity contribution in [1.29, 1.82) is 0 Å². The molecule has 140 valence electrons. The number of ether oxygens (including phenoxy) is 4. The highest BCUT2D eigenvalue weighted by atomic mass is 16.5. The van der Waals surface area contributed by atoms with Gasteiger partial charge in [0.15, 0.2) is 11.5 Å². The van der Waals surface area contributed by atoms with Crippen LogP contribution in [0, 0.1) is 0 Å². The zero-order chi connectivity index (χ0) is 18.9. The van der Waals surface area contributed by atoms with Crippen LogP contribution in [0.3, 0.4) is 0 Å². The molecule has 26 heavy (non-hydrogen) atoms. The topological polar surface area (TPSA) is 104 Å². The van der Waals surface area contributed by atoms with Gasteiger partial charge in [-0.25, -0.2) is 9.78 Å². The highest BCUT2D eigenvalue weighted by Gasteiger charge is 2.15. The summed E-state index contributed by atoms with van der Waals surface area (Å²) in [4.78, 5) is 20.5. The quantitative estimate of drug-likeness (QED) is 0.744. The van der Waals surface area contributed by atoms with Crippen LogP contribution in [0.15, 0.2) is 24.4 Å². The molecule has 0 atom stereocenters. The largest absolute Gasteiger partial charge is 0.493 e. The first-order valence-electron chi connectivity index (χ1n) is 8.04. The Kier molecular flexibility index (Phi) is 6.84. The number of hydrogen-bond acceptors (Lipinski definition) is 7. The number of para-hydroxylation sites is 1. The molecule has 0 saturated carbocycles. The Hall–Kier alpha value is -3.23. The molecule has 2 N–H and O–H groups in total. The van der Waals surface area contributed by atoms with E-state index >= 15 is 0 Å². The molecule has 2 amide bonds. The van der Waals surface area contributed by atoms with Gasteiger partial charge in [-0.3, -0.25) is 0 Å². The number of carbonyl (C=O) groups is 1. The molecule has 0 saturated heterocycles. The number of amides is 2. The van der Waals surface area contributed by atoms with Crippen LogP contribution in [-0.2, 0) is 0 Å². The van der Waals surface area contributed by atoms with Crippen LogP contribution in [-0.4, -0.2) is 43.4 Å². The summed E-state index contributed by atoms with van der Waals surface area (Å²) < 4.78 is 21.2. The molecule has 0 bridgehead atoms. The smallest absolute Gasteiger partial charge is 0.323 e. The molecule has 0 radical (unpaired) electrons. The summed E-state index contributed by atoms with van der Waals surface area (Å²) in [6, 6.07) is 4.83. The lowest BCUT2D eigenvalue weighted by atomic mass is 10.2. The van der Waals surface area contributed by atoms with Crippen LogP contribution in [0.1, 0.15) is 13.8 Å². The lowest BCUT2D eigenvalue weighted by Gasteiger charge is -2.15. The first kappa shape index (κ1) is 19.1. The Balaban J connectivity index is 2.17. The molecule has 9 nitrogen and oxygen atoms in total. The zero-order valence-corrected chi connectivity index (χ0v) is 15.2. The van der Waals surface area contributed by atoms with Gasteiger partial charge in [-0.2, -0.15) is 4.98 Å². The Morgan fingerprint density at radius 1 is 1.04 bits per heavy atom. The van der Waals surface area contributed by atoms with Gasteiger partial charge in [0.1, 0.15) is 5.69 Å². The molecule has 1 heterocycles. The van der Waals surface area contributed by atoms with E-state index in [0.29, 0.717) is 36.1 Å². The van der Waals surface area contributed by atoms with Crippen molar-refractivity contribution in [3.05, 3.63) is 24.4 Å². The van der Waals surface area contributed by atoms with Crippen LogP contribution in [0.2, 0.25) is 0 Å². The summed E-state index contributed by atoms with van der Waals surface area (Å²) >= 11 is 0. The van der Waals surface area contributed by atoms with E-state index in [4.69, 9.17) is 18.9 Å². The van der Waals surface area contributed by atoms with Crippen LogP contribution < -0.4 is 29.6 Å². The fourth-order valence-corrected chi connectivity index (χ4v) is 2.14. The van der Waals surface area contributed by atoms with Gasteiger partial charge in [-0.05, 0) is 26.0 Å². The molecular formula is C17H22N4O5. The minimum atomic E-state index is -0.509. The van der Waals surface area contributed by atoms with Crippen molar-refractivity contribution in [2.75, 3.05) is 38.1 Å². The van der Waals surface area contributed by atoms with Gasteiger partial charge in [0, 0.05) is 0 Å². The summed E-state index contributed by atoms with van der Waals surface area (Å²) in [6.07, 6.45) is 1.42. The monoisotopic (exact) mass is 362 g/mol. The summed E-state index contributed by atoms with van der Waals surface area (Å²) in [5.74, 6) is 1.14. The number of nitrogens with one attached hydrogen (secondary N) is 2. The summed E-state index contributed by atoms with van der Waals surface area (Å²) in [5.41, 5.74) is 0.767. The number of carbonyl (C=O) groups excluding carboxylic acids is 1. The number of benzene rings is 1. The molecule has 0 aliphatic heterocycles. The van der Waals surface area contributed by atoms with Gasteiger partial charge >= 0.3 is 12.0 Å². The highest BCUT2D eigenvalue weighted by molar-refractivity contribution is 6.01. The molecular weight excluding hydrogens is 340 g/mol. The van der Waals surface area contributed by atoms with Crippen molar-refractivity contribution in [1.82, 2.24) is 9.97 Å². The first-order chi connectivity index (χ1) is 12.6. The molecule has 2 rings (SSSR count). The number of aromatic nitrogens is 2. The zero-order valence-electron chi connectivity index (χ0n) is 15.2. The van der Waals surface area contributed by atoms with Gasteiger partial charge in [0.25, 0.3) is 0 Å². The van der Waals surface area contributed by atoms with Crippen molar-refractivity contribution >= 4 is 17.4 Å². The third kappa shape index (κ3) is 4.65. The van der Waals surface area contributed by atoms with Crippen LogP contribution in [0.4, 0.5) is 16.2 Å². The van der Waals surface area contributed by atoms with Gasteiger partial charge in [0.2, 0.25) is 5.88 Å². The second kappa shape index (κ2) is 9.30. The predicted molar refractivity (Wildman–Crippen MR) is 96.6 cm³/mol. The van der Waals surface area contributed by atoms with Gasteiger partial charge in [0.05, 0.1) is 39.3 Å². The van der Waals surface area contributed by atoms with E-state index in [2.05, 4.69) is 20.6 Å². The fraction of sp³-hybridized carbons (Fsp3) is 0.353. The number of rotatable bonds is 8. The van der Waals surface area contributed by atoms with Crippen molar-refractivity contribution < 1.29 is 23.7 Å². The number of hydrogen-bond donors (Lipinski definition) is 2. The second-order valence-corrected chi connectivity index (χ2v) is 4.86. The number of urea groups is 1. The first-order valence-corrected chi connectivity index (χ1v) is 8.04. The Labute approximate surface area is 151 Å². The van der Waals surface area contributed by atoms with Gasteiger partial charge < -0.3 is 29.6 Å². The lowest BCUT2D eigenvalue weighted by molar-refractivity contribution is 0.261. The summed E-state index contributed by atoms with van der Waals surface area (Å²) in [5, 5.41) is 5.35. The molecule has 0 spiro atoms. The van der Waals surface area contributed by atoms with E-state index in [1.54, 1.807) is 18.2 Å². The lowest BCUT2D eigenvalue weighted by Crippen LogP contribution is -2.21. The third-order valence-corrected chi connectivity index (χ3v) is 3.19. The Morgan fingerprint density at radius 2 is 1.77 bits per heavy atom. The molecule has 0 aliphatic rings. The van der Waals surface area contributed by atoms with Gasteiger partial charge in [-0.1, -0.05) is 6.07 Å².